The standard InChI is InChI=1S/C12H10Cl2O/c13-11-8-5-9(15)10(12(11)14)7-4-2-1-3-6(7)8/h1-4,8,10-12H,5H2. The van der Waals surface area contributed by atoms with Crippen LogP contribution in [0.2, 0.25) is 0 Å². The molecule has 1 fully saturated rings. The lowest BCUT2D eigenvalue weighted by molar-refractivity contribution is -0.122. The number of hydrogen-bond acceptors (Lipinski definition) is 1. The Bertz CT molecular complexity index is 429. The summed E-state index contributed by atoms with van der Waals surface area (Å²) in [6, 6.07) is 8.02. The summed E-state index contributed by atoms with van der Waals surface area (Å²) in [7, 11) is 0. The zero-order valence-electron chi connectivity index (χ0n) is 7.99. The number of alkyl halides is 2. The first-order valence-electron chi connectivity index (χ1n) is 5.10. The second-order valence-electron chi connectivity index (χ2n) is 4.27. The average molecular weight is 241 g/mol. The molecule has 0 aliphatic heterocycles. The highest BCUT2D eigenvalue weighted by Gasteiger charge is 2.49. The van der Waals surface area contributed by atoms with Gasteiger partial charge in [-0.1, -0.05) is 24.3 Å². The predicted octanol–water partition coefficient (Wildman–Crippen LogP) is 3.06. The molecule has 15 heavy (non-hydrogen) atoms. The zero-order chi connectivity index (χ0) is 10.6. The maximum Gasteiger partial charge on any atom is 0.142 e. The minimum atomic E-state index is -0.243. The number of carbonyl (C=O) groups excluding carboxylic acids is 1. The highest BCUT2D eigenvalue weighted by molar-refractivity contribution is 6.33. The third-order valence-corrected chi connectivity index (χ3v) is 4.73. The van der Waals surface area contributed by atoms with Crippen LogP contribution in [0.1, 0.15) is 29.4 Å². The largest absolute Gasteiger partial charge is 0.299 e. The zero-order valence-corrected chi connectivity index (χ0v) is 9.50. The van der Waals surface area contributed by atoms with E-state index in [1.165, 1.54) is 5.56 Å². The molecule has 0 saturated heterocycles. The van der Waals surface area contributed by atoms with Crippen molar-refractivity contribution in [3.05, 3.63) is 35.4 Å². The summed E-state index contributed by atoms with van der Waals surface area (Å²) < 4.78 is 0. The van der Waals surface area contributed by atoms with E-state index in [0.29, 0.717) is 6.42 Å². The van der Waals surface area contributed by atoms with Crippen molar-refractivity contribution < 1.29 is 4.79 Å². The number of hydrogen-bond donors (Lipinski definition) is 0. The number of rotatable bonds is 0. The summed E-state index contributed by atoms with van der Waals surface area (Å²) in [5.41, 5.74) is 2.31. The van der Waals surface area contributed by atoms with Crippen molar-refractivity contribution in [2.24, 2.45) is 0 Å². The van der Waals surface area contributed by atoms with Gasteiger partial charge < -0.3 is 0 Å². The molecule has 0 spiro atoms. The molecule has 78 valence electrons. The van der Waals surface area contributed by atoms with Crippen molar-refractivity contribution in [1.82, 2.24) is 0 Å². The van der Waals surface area contributed by atoms with Gasteiger partial charge in [0, 0.05) is 12.3 Å². The van der Waals surface area contributed by atoms with Gasteiger partial charge in [0.1, 0.15) is 5.78 Å². The van der Waals surface area contributed by atoms with E-state index in [-0.39, 0.29) is 28.4 Å². The molecule has 0 amide bonds. The Hall–Kier alpha value is -0.530. The van der Waals surface area contributed by atoms with Crippen LogP contribution < -0.4 is 0 Å². The summed E-state index contributed by atoms with van der Waals surface area (Å²) in [6.07, 6.45) is 0.555. The summed E-state index contributed by atoms with van der Waals surface area (Å²) in [5.74, 6) is 0.175. The molecular formula is C12H10Cl2O. The van der Waals surface area contributed by atoms with E-state index < -0.39 is 0 Å². The lowest BCUT2D eigenvalue weighted by atomic mass is 9.66. The predicted molar refractivity (Wildman–Crippen MR) is 60.8 cm³/mol. The molecule has 4 atom stereocenters. The van der Waals surface area contributed by atoms with E-state index in [0.717, 1.165) is 5.56 Å². The summed E-state index contributed by atoms with van der Waals surface area (Å²) in [5, 5.41) is -0.350. The number of fused-ring (bicyclic) bond motifs is 2. The molecular weight excluding hydrogens is 231 g/mol. The maximum absolute atomic E-state index is 11.8. The monoisotopic (exact) mass is 240 g/mol. The van der Waals surface area contributed by atoms with Crippen molar-refractivity contribution in [3.8, 4) is 0 Å². The number of benzene rings is 1. The highest BCUT2D eigenvalue weighted by Crippen LogP contribution is 2.51. The van der Waals surface area contributed by atoms with E-state index in [9.17, 15) is 4.79 Å². The van der Waals surface area contributed by atoms with E-state index in [1.54, 1.807) is 0 Å². The molecule has 1 saturated carbocycles. The van der Waals surface area contributed by atoms with Gasteiger partial charge >= 0.3 is 0 Å². The SMILES string of the molecule is O=C1CC2c3ccccc3C1C(Cl)C2Cl. The second-order valence-corrected chi connectivity index (χ2v) is 5.28. The van der Waals surface area contributed by atoms with E-state index in [2.05, 4.69) is 6.07 Å². The van der Waals surface area contributed by atoms with Crippen molar-refractivity contribution >= 4 is 29.0 Å². The van der Waals surface area contributed by atoms with Crippen LogP contribution in [0.4, 0.5) is 0 Å². The van der Waals surface area contributed by atoms with Crippen LogP contribution >= 0.6 is 23.2 Å². The van der Waals surface area contributed by atoms with Gasteiger partial charge in [-0.3, -0.25) is 4.79 Å². The first kappa shape index (κ1) is 9.68. The van der Waals surface area contributed by atoms with Gasteiger partial charge in [-0.25, -0.2) is 0 Å². The van der Waals surface area contributed by atoms with Crippen molar-refractivity contribution in [1.29, 1.82) is 0 Å². The van der Waals surface area contributed by atoms with Gasteiger partial charge in [-0.2, -0.15) is 0 Å². The number of Topliss-reactive ketones (excluding diaryl/α,β-unsaturated/α-hetero) is 1. The van der Waals surface area contributed by atoms with Gasteiger partial charge in [0.25, 0.3) is 0 Å². The fourth-order valence-electron chi connectivity index (χ4n) is 2.80. The summed E-state index contributed by atoms with van der Waals surface area (Å²) in [4.78, 5) is 11.8. The fourth-order valence-corrected chi connectivity index (χ4v) is 3.62. The molecule has 3 heteroatoms. The van der Waals surface area contributed by atoms with Crippen molar-refractivity contribution in [2.75, 3.05) is 0 Å². The molecule has 3 aliphatic rings. The molecule has 3 aliphatic carbocycles. The summed E-state index contributed by atoms with van der Waals surface area (Å²) in [6.45, 7) is 0. The first-order valence-corrected chi connectivity index (χ1v) is 5.97. The smallest absolute Gasteiger partial charge is 0.142 e. The fraction of sp³-hybridized carbons (Fsp3) is 0.417. The van der Waals surface area contributed by atoms with Crippen LogP contribution in [0.15, 0.2) is 24.3 Å². The Morgan fingerprint density at radius 3 is 2.47 bits per heavy atom. The van der Waals surface area contributed by atoms with Crippen LogP contribution in [0, 0.1) is 0 Å². The number of halogens is 2. The van der Waals surface area contributed by atoms with Crippen molar-refractivity contribution in [2.45, 2.75) is 29.0 Å². The Labute approximate surface area is 98.4 Å². The van der Waals surface area contributed by atoms with Crippen LogP contribution in [0.3, 0.4) is 0 Å². The Balaban J connectivity index is 2.22. The van der Waals surface area contributed by atoms with Crippen molar-refractivity contribution in [3.63, 3.8) is 0 Å². The molecule has 2 bridgehead atoms. The second kappa shape index (κ2) is 3.23. The van der Waals surface area contributed by atoms with Gasteiger partial charge in [-0.05, 0) is 11.1 Å². The normalized spacial score (nSPS) is 37.9. The van der Waals surface area contributed by atoms with Gasteiger partial charge in [0.05, 0.1) is 16.7 Å². The minimum absolute atomic E-state index is 0.107. The van der Waals surface area contributed by atoms with E-state index in [4.69, 9.17) is 23.2 Å². The van der Waals surface area contributed by atoms with E-state index >= 15 is 0 Å². The van der Waals surface area contributed by atoms with Crippen LogP contribution in [-0.2, 0) is 4.79 Å². The van der Waals surface area contributed by atoms with Crippen LogP contribution in [0.5, 0.6) is 0 Å². The van der Waals surface area contributed by atoms with Gasteiger partial charge in [0.2, 0.25) is 0 Å². The van der Waals surface area contributed by atoms with Gasteiger partial charge in [-0.15, -0.1) is 23.2 Å². The Morgan fingerprint density at radius 2 is 1.73 bits per heavy atom. The van der Waals surface area contributed by atoms with Crippen LogP contribution in [-0.4, -0.2) is 16.5 Å². The van der Waals surface area contributed by atoms with Crippen LogP contribution in [0.25, 0.3) is 0 Å². The number of carbonyl (C=O) groups is 1. The summed E-state index contributed by atoms with van der Waals surface area (Å²) >= 11 is 12.5. The number of ketones is 1. The molecule has 1 aromatic carbocycles. The van der Waals surface area contributed by atoms with E-state index in [1.807, 2.05) is 18.2 Å². The molecule has 0 N–H and O–H groups in total. The Kier molecular flexibility index (Phi) is 2.08. The highest BCUT2D eigenvalue weighted by atomic mass is 35.5. The molecule has 0 heterocycles. The lowest BCUT2D eigenvalue weighted by Crippen LogP contribution is -2.45. The third-order valence-electron chi connectivity index (χ3n) is 3.51. The average Bonchev–Trinajstić information content (AvgIpc) is 2.24. The first-order chi connectivity index (χ1) is 7.20. The molecule has 1 nitrogen and oxygen atoms in total. The molecule has 4 rings (SSSR count). The minimum Gasteiger partial charge on any atom is -0.299 e. The third kappa shape index (κ3) is 1.20. The molecule has 4 unspecified atom stereocenters. The maximum atomic E-state index is 11.8. The van der Waals surface area contributed by atoms with Gasteiger partial charge in [0.15, 0.2) is 0 Å². The quantitative estimate of drug-likeness (QED) is 0.638. The lowest BCUT2D eigenvalue weighted by Gasteiger charge is -2.43. The topological polar surface area (TPSA) is 17.1 Å². The molecule has 1 aromatic rings. The Morgan fingerprint density at radius 1 is 1.07 bits per heavy atom. The molecule has 0 aromatic heterocycles. The molecule has 0 radical (unpaired) electrons.